The van der Waals surface area contributed by atoms with Gasteiger partial charge >= 0.3 is 0 Å². The zero-order valence-electron chi connectivity index (χ0n) is 17.3. The Balaban J connectivity index is 1.41. The van der Waals surface area contributed by atoms with E-state index in [4.69, 9.17) is 4.98 Å². The Morgan fingerprint density at radius 1 is 1.27 bits per heavy atom. The lowest BCUT2D eigenvalue weighted by Crippen LogP contribution is -2.37. The number of thiazole rings is 1. The van der Waals surface area contributed by atoms with Gasteiger partial charge in [0.1, 0.15) is 0 Å². The molecule has 0 unspecified atom stereocenters. The van der Waals surface area contributed by atoms with Gasteiger partial charge in [-0.25, -0.2) is 4.98 Å². The van der Waals surface area contributed by atoms with Gasteiger partial charge in [-0.3, -0.25) is 19.7 Å². The first-order chi connectivity index (χ1) is 14.6. The third-order valence-electron chi connectivity index (χ3n) is 5.09. The van der Waals surface area contributed by atoms with Crippen LogP contribution in [0.3, 0.4) is 0 Å². The number of nitrogens with zero attached hydrogens (tertiary/aromatic N) is 4. The predicted octanol–water partition coefficient (Wildman–Crippen LogP) is 3.75. The molecule has 156 valence electrons. The summed E-state index contributed by atoms with van der Waals surface area (Å²) in [5.74, 6) is 0.0109. The quantitative estimate of drug-likeness (QED) is 0.603. The Bertz CT molecular complexity index is 1010. The summed E-state index contributed by atoms with van der Waals surface area (Å²) in [5, 5.41) is 7.24. The molecule has 0 aromatic carbocycles. The van der Waals surface area contributed by atoms with Crippen molar-refractivity contribution in [2.75, 3.05) is 18.4 Å². The molecule has 0 spiro atoms. The van der Waals surface area contributed by atoms with Crippen LogP contribution in [0.25, 0.3) is 0 Å². The maximum absolute atomic E-state index is 12.5. The number of amides is 1. The van der Waals surface area contributed by atoms with Gasteiger partial charge in [-0.15, -0.1) is 11.3 Å². The SMILES string of the molecule is Cc1cc(Nc2ncc(C)s2)cc([C@@H]2CCCN2CC(=O)NCc2ccccn2)n1. The number of anilines is 2. The van der Waals surface area contributed by atoms with Gasteiger partial charge in [0.25, 0.3) is 0 Å². The fraction of sp³-hybridized carbons (Fsp3) is 0.364. The highest BCUT2D eigenvalue weighted by molar-refractivity contribution is 7.15. The number of aromatic nitrogens is 3. The Hall–Kier alpha value is -2.84. The molecule has 4 rings (SSSR count). The van der Waals surface area contributed by atoms with Gasteiger partial charge in [0.05, 0.1) is 30.5 Å². The molecule has 1 fully saturated rings. The molecule has 2 N–H and O–H groups in total. The van der Waals surface area contributed by atoms with Gasteiger partial charge in [0.2, 0.25) is 5.91 Å². The van der Waals surface area contributed by atoms with Gasteiger partial charge < -0.3 is 10.6 Å². The van der Waals surface area contributed by atoms with E-state index in [9.17, 15) is 4.79 Å². The standard InChI is InChI=1S/C22H26N6OS/c1-15-10-18(27-22-25-12-16(2)30-22)11-19(26-15)20-7-5-9-28(20)14-21(29)24-13-17-6-3-4-8-23-17/h3-4,6,8,10-12,20H,5,7,9,13-14H2,1-2H3,(H,24,29)(H,25,26,27)/t20-/m0/s1. The average Bonchev–Trinajstić information content (AvgIpc) is 3.35. The molecule has 1 aliphatic rings. The van der Waals surface area contributed by atoms with Crippen LogP contribution in [0, 0.1) is 13.8 Å². The molecule has 0 radical (unpaired) electrons. The normalized spacial score (nSPS) is 16.5. The van der Waals surface area contributed by atoms with Crippen molar-refractivity contribution in [1.29, 1.82) is 0 Å². The number of pyridine rings is 2. The molecular formula is C22H26N6OS. The molecule has 1 saturated heterocycles. The van der Waals surface area contributed by atoms with E-state index in [1.165, 1.54) is 4.88 Å². The number of hydrogen-bond donors (Lipinski definition) is 2. The van der Waals surface area contributed by atoms with Crippen molar-refractivity contribution in [2.24, 2.45) is 0 Å². The van der Waals surface area contributed by atoms with E-state index in [0.717, 1.165) is 47.3 Å². The topological polar surface area (TPSA) is 83.0 Å². The van der Waals surface area contributed by atoms with Crippen molar-refractivity contribution in [2.45, 2.75) is 39.3 Å². The summed E-state index contributed by atoms with van der Waals surface area (Å²) in [6.45, 7) is 5.75. The van der Waals surface area contributed by atoms with Gasteiger partial charge in [0.15, 0.2) is 5.13 Å². The average molecular weight is 423 g/mol. The van der Waals surface area contributed by atoms with E-state index in [0.29, 0.717) is 13.1 Å². The second-order valence-electron chi connectivity index (χ2n) is 7.55. The molecule has 0 aliphatic carbocycles. The van der Waals surface area contributed by atoms with Gasteiger partial charge in [-0.2, -0.15) is 0 Å². The highest BCUT2D eigenvalue weighted by Gasteiger charge is 2.29. The lowest BCUT2D eigenvalue weighted by molar-refractivity contribution is -0.122. The number of hydrogen-bond acceptors (Lipinski definition) is 7. The van der Waals surface area contributed by atoms with E-state index in [1.54, 1.807) is 17.5 Å². The molecule has 3 aromatic rings. The number of likely N-dealkylation sites (tertiary alicyclic amines) is 1. The molecule has 0 bridgehead atoms. The number of carbonyl (C=O) groups is 1. The van der Waals surface area contributed by atoms with Gasteiger partial charge in [-0.05, 0) is 57.5 Å². The molecule has 7 nitrogen and oxygen atoms in total. The third kappa shape index (κ3) is 5.20. The first-order valence-corrected chi connectivity index (χ1v) is 11.0. The number of aryl methyl sites for hydroxylation is 2. The zero-order valence-corrected chi connectivity index (χ0v) is 18.1. The second kappa shape index (κ2) is 9.32. The van der Waals surface area contributed by atoms with E-state index < -0.39 is 0 Å². The molecule has 8 heteroatoms. The van der Waals surface area contributed by atoms with Crippen LogP contribution >= 0.6 is 11.3 Å². The van der Waals surface area contributed by atoms with E-state index >= 15 is 0 Å². The highest BCUT2D eigenvalue weighted by Crippen LogP contribution is 2.33. The molecule has 1 amide bonds. The van der Waals surface area contributed by atoms with Crippen LogP contribution in [0.2, 0.25) is 0 Å². The number of nitrogens with one attached hydrogen (secondary N) is 2. The maximum Gasteiger partial charge on any atom is 0.234 e. The lowest BCUT2D eigenvalue weighted by Gasteiger charge is -2.24. The van der Waals surface area contributed by atoms with Crippen LogP contribution in [-0.4, -0.2) is 38.8 Å². The summed E-state index contributed by atoms with van der Waals surface area (Å²) < 4.78 is 0. The zero-order chi connectivity index (χ0) is 20.9. The summed E-state index contributed by atoms with van der Waals surface area (Å²) in [7, 11) is 0. The second-order valence-corrected chi connectivity index (χ2v) is 8.78. The van der Waals surface area contributed by atoms with Crippen molar-refractivity contribution >= 4 is 28.1 Å². The number of carbonyl (C=O) groups excluding carboxylic acids is 1. The minimum absolute atomic E-state index is 0.0109. The molecular weight excluding hydrogens is 396 g/mol. The largest absolute Gasteiger partial charge is 0.349 e. The van der Waals surface area contributed by atoms with Crippen LogP contribution in [-0.2, 0) is 11.3 Å². The Labute approximate surface area is 180 Å². The molecule has 1 atom stereocenters. The first-order valence-electron chi connectivity index (χ1n) is 10.2. The van der Waals surface area contributed by atoms with Crippen molar-refractivity contribution in [3.63, 3.8) is 0 Å². The van der Waals surface area contributed by atoms with Crippen molar-refractivity contribution in [3.8, 4) is 0 Å². The van der Waals surface area contributed by atoms with Crippen LogP contribution in [0.1, 0.15) is 40.8 Å². The number of rotatable bonds is 7. The molecule has 4 heterocycles. The minimum atomic E-state index is 0.0109. The van der Waals surface area contributed by atoms with Gasteiger partial charge in [0, 0.05) is 28.7 Å². The molecule has 3 aromatic heterocycles. The van der Waals surface area contributed by atoms with E-state index in [-0.39, 0.29) is 11.9 Å². The first kappa shape index (κ1) is 20.4. The Morgan fingerprint density at radius 2 is 2.17 bits per heavy atom. The summed E-state index contributed by atoms with van der Waals surface area (Å²) in [5.41, 5.74) is 3.80. The van der Waals surface area contributed by atoms with Gasteiger partial charge in [-0.1, -0.05) is 6.07 Å². The summed E-state index contributed by atoms with van der Waals surface area (Å²) >= 11 is 1.63. The monoisotopic (exact) mass is 422 g/mol. The minimum Gasteiger partial charge on any atom is -0.349 e. The van der Waals surface area contributed by atoms with Crippen molar-refractivity contribution < 1.29 is 4.79 Å². The molecule has 0 saturated carbocycles. The highest BCUT2D eigenvalue weighted by atomic mass is 32.1. The van der Waals surface area contributed by atoms with E-state index in [1.807, 2.05) is 44.3 Å². The fourth-order valence-corrected chi connectivity index (χ4v) is 4.44. The fourth-order valence-electron chi connectivity index (χ4n) is 3.76. The van der Waals surface area contributed by atoms with E-state index in [2.05, 4.69) is 31.6 Å². The van der Waals surface area contributed by atoms with Crippen molar-refractivity contribution in [3.05, 3.63) is 64.7 Å². The Morgan fingerprint density at radius 3 is 2.93 bits per heavy atom. The lowest BCUT2D eigenvalue weighted by atomic mass is 10.1. The van der Waals surface area contributed by atoms with Crippen LogP contribution in [0.15, 0.2) is 42.7 Å². The van der Waals surface area contributed by atoms with Crippen LogP contribution in [0.5, 0.6) is 0 Å². The maximum atomic E-state index is 12.5. The molecule has 1 aliphatic heterocycles. The van der Waals surface area contributed by atoms with Crippen LogP contribution in [0.4, 0.5) is 10.8 Å². The summed E-state index contributed by atoms with van der Waals surface area (Å²) in [6.07, 6.45) is 5.66. The van der Waals surface area contributed by atoms with Crippen LogP contribution < -0.4 is 10.6 Å². The third-order valence-corrected chi connectivity index (χ3v) is 5.92. The molecule has 30 heavy (non-hydrogen) atoms. The smallest absolute Gasteiger partial charge is 0.234 e. The predicted molar refractivity (Wildman–Crippen MR) is 119 cm³/mol. The summed E-state index contributed by atoms with van der Waals surface area (Å²) in [4.78, 5) is 29.3. The summed E-state index contributed by atoms with van der Waals surface area (Å²) in [6, 6.07) is 9.95. The van der Waals surface area contributed by atoms with Crippen molar-refractivity contribution in [1.82, 2.24) is 25.2 Å². The Kier molecular flexibility index (Phi) is 6.35.